The van der Waals surface area contributed by atoms with E-state index in [0.29, 0.717) is 11.3 Å². The number of hydrogen-bond donors (Lipinski definition) is 1. The van der Waals surface area contributed by atoms with Crippen LogP contribution in [-0.4, -0.2) is 0 Å². The lowest BCUT2D eigenvalue weighted by Gasteiger charge is -2.10. The number of benzene rings is 2. The fourth-order valence-electron chi connectivity index (χ4n) is 1.96. The largest absolute Gasteiger partial charge is 0.451 e. The number of rotatable bonds is 5. The molecule has 2 nitrogen and oxygen atoms in total. The standard InChI is InChI=1S/C16H17F2NO/c1-2-3-11-4-6-13(7-5-11)20-16-14(17)8-12(10-19)9-15(16)18/h4-9H,2-3,10,19H2,1H3. The summed E-state index contributed by atoms with van der Waals surface area (Å²) in [5, 5.41) is 0. The Morgan fingerprint density at radius 3 is 2.10 bits per heavy atom. The third-order valence-corrected chi connectivity index (χ3v) is 2.98. The topological polar surface area (TPSA) is 35.2 Å². The molecule has 0 saturated carbocycles. The van der Waals surface area contributed by atoms with Crippen molar-refractivity contribution in [3.63, 3.8) is 0 Å². The van der Waals surface area contributed by atoms with Gasteiger partial charge in [0.2, 0.25) is 0 Å². The first-order valence-electron chi connectivity index (χ1n) is 6.58. The maximum atomic E-state index is 13.8. The summed E-state index contributed by atoms with van der Waals surface area (Å²) in [6.45, 7) is 2.17. The van der Waals surface area contributed by atoms with E-state index >= 15 is 0 Å². The highest BCUT2D eigenvalue weighted by molar-refractivity contribution is 5.37. The van der Waals surface area contributed by atoms with Gasteiger partial charge in [0, 0.05) is 6.54 Å². The van der Waals surface area contributed by atoms with Crippen LogP contribution in [0, 0.1) is 11.6 Å². The summed E-state index contributed by atoms with van der Waals surface area (Å²) in [6.07, 6.45) is 2.01. The SMILES string of the molecule is CCCc1ccc(Oc2c(F)cc(CN)cc2F)cc1. The molecule has 0 aliphatic carbocycles. The second-order valence-electron chi connectivity index (χ2n) is 4.59. The second kappa shape index (κ2) is 6.48. The van der Waals surface area contributed by atoms with Crippen molar-refractivity contribution in [3.05, 3.63) is 59.2 Å². The zero-order valence-corrected chi connectivity index (χ0v) is 11.3. The average molecular weight is 277 g/mol. The van der Waals surface area contributed by atoms with E-state index in [2.05, 4.69) is 6.92 Å². The Kier molecular flexibility index (Phi) is 4.69. The first-order valence-corrected chi connectivity index (χ1v) is 6.58. The van der Waals surface area contributed by atoms with Gasteiger partial charge >= 0.3 is 0 Å². The van der Waals surface area contributed by atoms with Gasteiger partial charge in [0.1, 0.15) is 5.75 Å². The van der Waals surface area contributed by atoms with E-state index in [4.69, 9.17) is 10.5 Å². The molecule has 0 aliphatic heterocycles. The second-order valence-corrected chi connectivity index (χ2v) is 4.59. The van der Waals surface area contributed by atoms with E-state index in [1.54, 1.807) is 12.1 Å². The maximum Gasteiger partial charge on any atom is 0.198 e. The van der Waals surface area contributed by atoms with E-state index in [-0.39, 0.29) is 6.54 Å². The van der Waals surface area contributed by atoms with Crippen molar-refractivity contribution in [2.24, 2.45) is 5.73 Å². The van der Waals surface area contributed by atoms with Gasteiger partial charge < -0.3 is 10.5 Å². The third kappa shape index (κ3) is 3.33. The number of halogens is 2. The fraction of sp³-hybridized carbons (Fsp3) is 0.250. The zero-order chi connectivity index (χ0) is 14.5. The number of ether oxygens (including phenoxy) is 1. The van der Waals surface area contributed by atoms with Crippen LogP contribution in [0.15, 0.2) is 36.4 Å². The van der Waals surface area contributed by atoms with Gasteiger partial charge in [0.25, 0.3) is 0 Å². The number of nitrogens with two attached hydrogens (primary N) is 1. The van der Waals surface area contributed by atoms with E-state index < -0.39 is 17.4 Å². The molecule has 2 N–H and O–H groups in total. The molecule has 0 atom stereocenters. The Hall–Kier alpha value is -1.94. The molecule has 0 heterocycles. The lowest BCUT2D eigenvalue weighted by Crippen LogP contribution is -2.00. The van der Waals surface area contributed by atoms with Gasteiger partial charge in [-0.25, -0.2) is 8.78 Å². The molecule has 0 radical (unpaired) electrons. The lowest BCUT2D eigenvalue weighted by molar-refractivity contribution is 0.406. The van der Waals surface area contributed by atoms with E-state index in [1.165, 1.54) is 17.7 Å². The smallest absolute Gasteiger partial charge is 0.198 e. The third-order valence-electron chi connectivity index (χ3n) is 2.98. The van der Waals surface area contributed by atoms with Crippen LogP contribution >= 0.6 is 0 Å². The lowest BCUT2D eigenvalue weighted by atomic mass is 10.1. The first kappa shape index (κ1) is 14.5. The van der Waals surface area contributed by atoms with Crippen molar-refractivity contribution >= 4 is 0 Å². The molecule has 0 amide bonds. The van der Waals surface area contributed by atoms with Crippen LogP contribution in [0.5, 0.6) is 11.5 Å². The molecule has 4 heteroatoms. The highest BCUT2D eigenvalue weighted by Crippen LogP contribution is 2.28. The predicted molar refractivity (Wildman–Crippen MR) is 74.8 cm³/mol. The van der Waals surface area contributed by atoms with Crippen LogP contribution in [0.3, 0.4) is 0 Å². The van der Waals surface area contributed by atoms with Gasteiger partial charge in [-0.1, -0.05) is 25.5 Å². The van der Waals surface area contributed by atoms with Gasteiger partial charge in [-0.2, -0.15) is 0 Å². The van der Waals surface area contributed by atoms with Crippen LogP contribution in [0.1, 0.15) is 24.5 Å². The molecule has 0 aromatic heterocycles. The van der Waals surface area contributed by atoms with Gasteiger partial charge in [0.15, 0.2) is 17.4 Å². The minimum absolute atomic E-state index is 0.0832. The Labute approximate surface area is 117 Å². The van der Waals surface area contributed by atoms with Crippen molar-refractivity contribution in [2.75, 3.05) is 0 Å². The first-order chi connectivity index (χ1) is 9.63. The van der Waals surface area contributed by atoms with E-state index in [9.17, 15) is 8.78 Å². The molecule has 20 heavy (non-hydrogen) atoms. The molecule has 0 fully saturated rings. The number of aryl methyl sites for hydroxylation is 1. The molecular formula is C16H17F2NO. The van der Waals surface area contributed by atoms with Crippen molar-refractivity contribution < 1.29 is 13.5 Å². The Morgan fingerprint density at radius 1 is 1.00 bits per heavy atom. The van der Waals surface area contributed by atoms with E-state index in [0.717, 1.165) is 12.8 Å². The van der Waals surface area contributed by atoms with Crippen LogP contribution in [0.4, 0.5) is 8.78 Å². The predicted octanol–water partition coefficient (Wildman–Crippen LogP) is 4.17. The Morgan fingerprint density at radius 2 is 1.60 bits per heavy atom. The highest BCUT2D eigenvalue weighted by Gasteiger charge is 2.13. The monoisotopic (exact) mass is 277 g/mol. The molecule has 0 aliphatic rings. The summed E-state index contributed by atoms with van der Waals surface area (Å²) < 4.78 is 32.8. The van der Waals surface area contributed by atoms with Gasteiger partial charge in [-0.3, -0.25) is 0 Å². The van der Waals surface area contributed by atoms with Crippen LogP contribution < -0.4 is 10.5 Å². The van der Waals surface area contributed by atoms with Crippen LogP contribution in [0.25, 0.3) is 0 Å². The minimum atomic E-state index is -0.747. The molecule has 2 aromatic rings. The number of hydrogen-bond acceptors (Lipinski definition) is 2. The van der Waals surface area contributed by atoms with Crippen molar-refractivity contribution in [1.82, 2.24) is 0 Å². The minimum Gasteiger partial charge on any atom is -0.451 e. The zero-order valence-electron chi connectivity index (χ0n) is 11.3. The summed E-state index contributed by atoms with van der Waals surface area (Å²) in [6, 6.07) is 9.57. The molecule has 2 aromatic carbocycles. The summed E-state index contributed by atoms with van der Waals surface area (Å²) in [5.74, 6) is -1.49. The molecule has 0 unspecified atom stereocenters. The summed E-state index contributed by atoms with van der Waals surface area (Å²) >= 11 is 0. The van der Waals surface area contributed by atoms with Crippen molar-refractivity contribution in [1.29, 1.82) is 0 Å². The molecule has 0 bridgehead atoms. The van der Waals surface area contributed by atoms with Crippen molar-refractivity contribution in [2.45, 2.75) is 26.3 Å². The van der Waals surface area contributed by atoms with Crippen LogP contribution in [-0.2, 0) is 13.0 Å². The molecule has 106 valence electrons. The van der Waals surface area contributed by atoms with Crippen LogP contribution in [0.2, 0.25) is 0 Å². The van der Waals surface area contributed by atoms with E-state index in [1.807, 2.05) is 12.1 Å². The molecule has 0 saturated heterocycles. The van der Waals surface area contributed by atoms with Gasteiger partial charge in [0.05, 0.1) is 0 Å². The summed E-state index contributed by atoms with van der Waals surface area (Å²) in [5.41, 5.74) is 6.92. The summed E-state index contributed by atoms with van der Waals surface area (Å²) in [7, 11) is 0. The molecule has 2 rings (SSSR count). The highest BCUT2D eigenvalue weighted by atomic mass is 19.1. The summed E-state index contributed by atoms with van der Waals surface area (Å²) in [4.78, 5) is 0. The Bertz CT molecular complexity index is 559. The maximum absolute atomic E-state index is 13.8. The fourth-order valence-corrected chi connectivity index (χ4v) is 1.96. The molecular weight excluding hydrogens is 260 g/mol. The Balaban J connectivity index is 2.21. The normalized spacial score (nSPS) is 10.6. The quantitative estimate of drug-likeness (QED) is 0.890. The van der Waals surface area contributed by atoms with Crippen molar-refractivity contribution in [3.8, 4) is 11.5 Å². The molecule has 0 spiro atoms. The average Bonchev–Trinajstić information content (AvgIpc) is 2.44. The van der Waals surface area contributed by atoms with Gasteiger partial charge in [-0.15, -0.1) is 0 Å². The van der Waals surface area contributed by atoms with Gasteiger partial charge in [-0.05, 0) is 41.8 Å².